The first-order valence-corrected chi connectivity index (χ1v) is 17.9. The van der Waals surface area contributed by atoms with Crippen molar-refractivity contribution < 1.29 is 22.7 Å². The number of nitrogens with one attached hydrogen (secondary N) is 1. The van der Waals surface area contributed by atoms with E-state index in [-0.39, 0.29) is 29.1 Å². The number of sulfonamides is 1. The molecule has 1 fully saturated rings. The second-order valence-corrected chi connectivity index (χ2v) is 13.7. The van der Waals surface area contributed by atoms with Crippen LogP contribution in [0.4, 0.5) is 5.69 Å². The van der Waals surface area contributed by atoms with Crippen LogP contribution in [0.2, 0.25) is 0 Å². The molecule has 1 aliphatic rings. The van der Waals surface area contributed by atoms with E-state index in [2.05, 4.69) is 5.32 Å². The lowest BCUT2D eigenvalue weighted by Gasteiger charge is -2.34. The monoisotopic (exact) mass is 637 g/mol. The number of carbonyl (C=O) groups is 2. The molecule has 0 bridgehead atoms. The average Bonchev–Trinajstić information content (AvgIpc) is 3.54. The third-order valence-corrected chi connectivity index (χ3v) is 10.6. The molecule has 2 amide bonds. The van der Waals surface area contributed by atoms with Crippen molar-refractivity contribution in [3.63, 3.8) is 0 Å². The summed E-state index contributed by atoms with van der Waals surface area (Å²) in [5, 5.41) is 3.16. The van der Waals surface area contributed by atoms with Crippen LogP contribution >= 0.6 is 11.8 Å². The molecule has 4 rings (SSSR count). The van der Waals surface area contributed by atoms with Gasteiger partial charge >= 0.3 is 0 Å². The normalized spacial score (nSPS) is 14.2. The van der Waals surface area contributed by atoms with E-state index < -0.39 is 28.5 Å². The molecular weight excluding hydrogens is 595 g/mol. The number of benzene rings is 3. The molecule has 0 saturated heterocycles. The Kier molecular flexibility index (Phi) is 11.7. The predicted octanol–water partition coefficient (Wildman–Crippen LogP) is 6.18. The smallest absolute Gasteiger partial charge is 0.264 e. The van der Waals surface area contributed by atoms with E-state index in [1.165, 1.54) is 16.7 Å². The summed E-state index contributed by atoms with van der Waals surface area (Å²) < 4.78 is 35.5. The average molecular weight is 638 g/mol. The van der Waals surface area contributed by atoms with Gasteiger partial charge in [-0.1, -0.05) is 56.2 Å². The van der Waals surface area contributed by atoms with Crippen LogP contribution in [0.5, 0.6) is 5.75 Å². The summed E-state index contributed by atoms with van der Waals surface area (Å²) in [7, 11) is -4.20. The summed E-state index contributed by atoms with van der Waals surface area (Å²) >= 11 is 1.51. The van der Waals surface area contributed by atoms with Gasteiger partial charge in [-0.2, -0.15) is 0 Å². The van der Waals surface area contributed by atoms with Gasteiger partial charge in [0.2, 0.25) is 11.8 Å². The first-order chi connectivity index (χ1) is 21.2. The molecule has 3 aromatic carbocycles. The number of carbonyl (C=O) groups excluding carboxylic acids is 2. The summed E-state index contributed by atoms with van der Waals surface area (Å²) in [5.41, 5.74) is 2.14. The fraction of sp³-hybridized carbons (Fsp3) is 0.412. The van der Waals surface area contributed by atoms with E-state index in [0.29, 0.717) is 18.8 Å². The number of amides is 2. The quantitative estimate of drug-likeness (QED) is 0.212. The summed E-state index contributed by atoms with van der Waals surface area (Å²) in [4.78, 5) is 30.6. The fourth-order valence-electron chi connectivity index (χ4n) is 5.59. The molecule has 1 aliphatic carbocycles. The first-order valence-electron chi connectivity index (χ1n) is 15.2. The molecule has 0 heterocycles. The van der Waals surface area contributed by atoms with E-state index >= 15 is 0 Å². The molecule has 1 unspecified atom stereocenters. The van der Waals surface area contributed by atoms with Gasteiger partial charge in [0.1, 0.15) is 18.3 Å². The maximum absolute atomic E-state index is 14.4. The Morgan fingerprint density at radius 2 is 1.64 bits per heavy atom. The number of thioether (sulfide) groups is 1. The molecule has 1 atom stereocenters. The second kappa shape index (κ2) is 15.5. The van der Waals surface area contributed by atoms with Gasteiger partial charge in [0, 0.05) is 17.5 Å². The van der Waals surface area contributed by atoms with Crippen LogP contribution in [-0.4, -0.2) is 56.6 Å². The molecule has 0 aromatic heterocycles. The lowest BCUT2D eigenvalue weighted by molar-refractivity contribution is -0.140. The van der Waals surface area contributed by atoms with Gasteiger partial charge < -0.3 is 15.0 Å². The van der Waals surface area contributed by atoms with Crippen molar-refractivity contribution in [1.82, 2.24) is 10.2 Å². The highest BCUT2D eigenvalue weighted by Gasteiger charge is 2.35. The van der Waals surface area contributed by atoms with Crippen LogP contribution < -0.4 is 14.4 Å². The SMILES string of the molecule is CCOc1ccccc1N(CC(=O)N(Cc1ccccc1C)C(CC)C(=O)NC1CCCC1)S(=O)(=O)c1ccc(SC)cc1. The number of anilines is 1. The zero-order valence-electron chi connectivity index (χ0n) is 26.0. The molecule has 0 radical (unpaired) electrons. The van der Waals surface area contributed by atoms with Crippen LogP contribution in [0, 0.1) is 6.92 Å². The van der Waals surface area contributed by atoms with Gasteiger partial charge in [0.25, 0.3) is 10.0 Å². The van der Waals surface area contributed by atoms with E-state index in [4.69, 9.17) is 4.74 Å². The molecular formula is C34H43N3O5S2. The Bertz CT molecular complexity index is 1520. The van der Waals surface area contributed by atoms with Crippen LogP contribution in [0.1, 0.15) is 57.1 Å². The van der Waals surface area contributed by atoms with Crippen molar-refractivity contribution in [2.24, 2.45) is 0 Å². The highest BCUT2D eigenvalue weighted by atomic mass is 32.2. The zero-order valence-corrected chi connectivity index (χ0v) is 27.6. The summed E-state index contributed by atoms with van der Waals surface area (Å²) in [5.74, 6) is -0.334. The largest absolute Gasteiger partial charge is 0.492 e. The predicted molar refractivity (Wildman–Crippen MR) is 177 cm³/mol. The summed E-state index contributed by atoms with van der Waals surface area (Å²) in [6, 6.07) is 20.5. The summed E-state index contributed by atoms with van der Waals surface area (Å²) in [6.07, 6.45) is 6.28. The standard InChI is InChI=1S/C34H43N3O5S2/c1-5-30(34(39)35-27-15-9-10-16-27)36(23-26-14-8-7-13-25(26)3)33(38)24-37(31-17-11-12-18-32(31)42-6-2)44(40,41)29-21-19-28(43-4)20-22-29/h7-8,11-14,17-22,27,30H,5-6,9-10,15-16,23-24H2,1-4H3,(H,35,39). The number of aryl methyl sites for hydroxylation is 1. The molecule has 1 N–H and O–H groups in total. The van der Waals surface area contributed by atoms with Gasteiger partial charge in [-0.05, 0) is 86.9 Å². The van der Waals surface area contributed by atoms with Gasteiger partial charge in [-0.15, -0.1) is 11.8 Å². The highest BCUT2D eigenvalue weighted by molar-refractivity contribution is 7.98. The first kappa shape index (κ1) is 33.4. The molecule has 44 heavy (non-hydrogen) atoms. The van der Waals surface area contributed by atoms with Crippen molar-refractivity contribution in [2.75, 3.05) is 23.7 Å². The second-order valence-electron chi connectivity index (χ2n) is 11.0. The Balaban J connectivity index is 1.76. The Labute approximate surface area is 266 Å². The number of rotatable bonds is 14. The van der Waals surface area contributed by atoms with E-state index in [9.17, 15) is 18.0 Å². The van der Waals surface area contributed by atoms with E-state index in [1.807, 2.05) is 51.3 Å². The molecule has 3 aromatic rings. The van der Waals surface area contributed by atoms with Crippen molar-refractivity contribution in [1.29, 1.82) is 0 Å². The maximum Gasteiger partial charge on any atom is 0.264 e. The number of nitrogens with zero attached hydrogens (tertiary/aromatic N) is 2. The van der Waals surface area contributed by atoms with Crippen LogP contribution in [-0.2, 0) is 26.2 Å². The number of para-hydroxylation sites is 2. The van der Waals surface area contributed by atoms with Gasteiger partial charge in [-0.3, -0.25) is 13.9 Å². The molecule has 0 spiro atoms. The minimum atomic E-state index is -4.20. The van der Waals surface area contributed by atoms with Crippen molar-refractivity contribution in [3.05, 3.63) is 83.9 Å². The van der Waals surface area contributed by atoms with Gasteiger partial charge in [0.15, 0.2) is 0 Å². The Hall–Kier alpha value is -3.50. The van der Waals surface area contributed by atoms with Crippen LogP contribution in [0.25, 0.3) is 0 Å². The number of hydrogen-bond acceptors (Lipinski definition) is 6. The zero-order chi connectivity index (χ0) is 31.7. The lowest BCUT2D eigenvalue weighted by atomic mass is 10.1. The molecule has 10 heteroatoms. The van der Waals surface area contributed by atoms with Crippen molar-refractivity contribution in [3.8, 4) is 5.75 Å². The van der Waals surface area contributed by atoms with Crippen molar-refractivity contribution >= 4 is 39.3 Å². The van der Waals surface area contributed by atoms with E-state index in [1.54, 1.807) is 48.5 Å². The topological polar surface area (TPSA) is 96.0 Å². The molecule has 8 nitrogen and oxygen atoms in total. The van der Waals surface area contributed by atoms with Gasteiger partial charge in [-0.25, -0.2) is 8.42 Å². The molecule has 236 valence electrons. The van der Waals surface area contributed by atoms with Crippen LogP contribution in [0.15, 0.2) is 82.6 Å². The van der Waals surface area contributed by atoms with Crippen LogP contribution in [0.3, 0.4) is 0 Å². The lowest BCUT2D eigenvalue weighted by Crippen LogP contribution is -2.53. The number of hydrogen-bond donors (Lipinski definition) is 1. The third-order valence-electron chi connectivity index (χ3n) is 8.05. The highest BCUT2D eigenvalue weighted by Crippen LogP contribution is 2.33. The molecule has 1 saturated carbocycles. The molecule has 0 aliphatic heterocycles. The Morgan fingerprint density at radius 3 is 2.27 bits per heavy atom. The number of ether oxygens (including phenoxy) is 1. The van der Waals surface area contributed by atoms with Gasteiger partial charge in [0.05, 0.1) is 17.2 Å². The fourth-order valence-corrected chi connectivity index (χ4v) is 7.42. The summed E-state index contributed by atoms with van der Waals surface area (Å²) in [6.45, 7) is 5.65. The maximum atomic E-state index is 14.4. The van der Waals surface area contributed by atoms with E-state index in [0.717, 1.165) is 46.0 Å². The minimum absolute atomic E-state index is 0.0610. The minimum Gasteiger partial charge on any atom is -0.492 e. The third kappa shape index (κ3) is 7.95. The van der Waals surface area contributed by atoms with Crippen molar-refractivity contribution in [2.45, 2.75) is 81.3 Å². The Morgan fingerprint density at radius 1 is 0.977 bits per heavy atom.